The first-order valence-electron chi connectivity index (χ1n) is 15.7. The molecule has 0 bridgehead atoms. The number of hydrogen-bond acceptors (Lipinski definition) is 21. The predicted molar refractivity (Wildman–Crippen MR) is 178 cm³/mol. The molecule has 0 saturated carbocycles. The smallest absolute Gasteiger partial charge is 0.343 e. The van der Waals surface area contributed by atoms with Gasteiger partial charge in [0.15, 0.2) is 58.2 Å². The van der Waals surface area contributed by atoms with E-state index in [2.05, 4.69) is 0 Å². The number of benzene rings is 4. The van der Waals surface area contributed by atoms with Gasteiger partial charge in [-0.3, -0.25) is 0 Å². The summed E-state index contributed by atoms with van der Waals surface area (Å²) in [6.45, 7) is 0.360. The number of aliphatic hydroxyl groups excluding tert-OH is 2. The van der Waals surface area contributed by atoms with Crippen LogP contribution in [0.4, 0.5) is 0 Å². The second-order valence-corrected chi connectivity index (χ2v) is 12.0. The Balaban J connectivity index is 1.41. The van der Waals surface area contributed by atoms with Gasteiger partial charge in [-0.25, -0.2) is 19.2 Å². The maximum Gasteiger partial charge on any atom is 0.343 e. The van der Waals surface area contributed by atoms with Gasteiger partial charge in [0, 0.05) is 5.56 Å². The standard InChI is InChI=1S/C35H30O21/c1-11-16(36)2-13(3-17(11)37)32(49)53-23-9-15(8-22(42)27(23)45)34(51)56-35-29(47)30(55-33(50)14-6-20(40)26(44)21(41)7-14)28(46)24(54-35)10-52-31(48)12-4-18(38)25(43)19(39)5-12/h2-9,24,28-30,35-47H,10H2,1H3/t24?,28-,29?,30-,35+/m1/s1. The van der Waals surface area contributed by atoms with Crippen LogP contribution >= 0.6 is 0 Å². The monoisotopic (exact) mass is 786 g/mol. The molecule has 1 aliphatic rings. The molecule has 1 fully saturated rings. The summed E-state index contributed by atoms with van der Waals surface area (Å²) in [5.74, 6) is -15.1. The Morgan fingerprint density at radius 3 is 1.46 bits per heavy atom. The molecular formula is C35H30O21. The number of phenolic OH excluding ortho intramolecular Hbond substituents is 10. The van der Waals surface area contributed by atoms with Crippen molar-refractivity contribution in [2.24, 2.45) is 0 Å². The molecule has 21 heteroatoms. The number of phenols is 10. The third-order valence-corrected chi connectivity index (χ3v) is 8.18. The number of aromatic hydroxyl groups is 10. The molecule has 0 radical (unpaired) electrons. The van der Waals surface area contributed by atoms with E-state index >= 15 is 0 Å². The fourth-order valence-electron chi connectivity index (χ4n) is 5.08. The molecule has 0 aromatic heterocycles. The van der Waals surface area contributed by atoms with E-state index in [-0.39, 0.29) is 5.56 Å². The van der Waals surface area contributed by atoms with Gasteiger partial charge in [0.1, 0.15) is 30.3 Å². The Morgan fingerprint density at radius 2 is 0.946 bits per heavy atom. The maximum absolute atomic E-state index is 13.3. The maximum atomic E-state index is 13.3. The lowest BCUT2D eigenvalue weighted by atomic mass is 9.98. The average Bonchev–Trinajstić information content (AvgIpc) is 3.14. The van der Waals surface area contributed by atoms with Crippen LogP contribution in [0.2, 0.25) is 0 Å². The van der Waals surface area contributed by atoms with Crippen molar-refractivity contribution in [3.63, 3.8) is 0 Å². The van der Waals surface area contributed by atoms with Gasteiger partial charge in [0.2, 0.25) is 12.0 Å². The van der Waals surface area contributed by atoms with Crippen molar-refractivity contribution in [1.29, 1.82) is 0 Å². The van der Waals surface area contributed by atoms with Crippen LogP contribution in [0.25, 0.3) is 0 Å². The number of aliphatic hydroxyl groups is 2. The molecule has 4 aromatic carbocycles. The molecule has 0 spiro atoms. The first-order chi connectivity index (χ1) is 26.3. The zero-order valence-corrected chi connectivity index (χ0v) is 28.3. The third-order valence-electron chi connectivity index (χ3n) is 8.18. The summed E-state index contributed by atoms with van der Waals surface area (Å²) in [7, 11) is 0. The van der Waals surface area contributed by atoms with E-state index in [4.69, 9.17) is 23.7 Å². The average molecular weight is 787 g/mol. The fourth-order valence-corrected chi connectivity index (χ4v) is 5.08. The molecule has 56 heavy (non-hydrogen) atoms. The minimum absolute atomic E-state index is 0.0284. The van der Waals surface area contributed by atoms with E-state index in [9.17, 15) is 80.5 Å². The van der Waals surface area contributed by atoms with Gasteiger partial charge in [0.25, 0.3) is 0 Å². The first kappa shape index (κ1) is 39.8. The van der Waals surface area contributed by atoms with Crippen molar-refractivity contribution in [1.82, 2.24) is 0 Å². The van der Waals surface area contributed by atoms with Crippen LogP contribution in [-0.2, 0) is 18.9 Å². The van der Waals surface area contributed by atoms with E-state index in [1.165, 1.54) is 6.92 Å². The molecule has 21 nitrogen and oxygen atoms in total. The van der Waals surface area contributed by atoms with E-state index < -0.39 is 147 Å². The van der Waals surface area contributed by atoms with Crippen molar-refractivity contribution < 1.29 is 104 Å². The molecule has 0 amide bonds. The van der Waals surface area contributed by atoms with Crippen LogP contribution < -0.4 is 4.74 Å². The van der Waals surface area contributed by atoms with Gasteiger partial charge in [-0.05, 0) is 55.5 Å². The van der Waals surface area contributed by atoms with E-state index in [1.54, 1.807) is 0 Å². The lowest BCUT2D eigenvalue weighted by Crippen LogP contribution is -2.61. The van der Waals surface area contributed by atoms with Crippen molar-refractivity contribution in [3.05, 3.63) is 76.3 Å². The topological polar surface area (TPSA) is 357 Å². The van der Waals surface area contributed by atoms with Gasteiger partial charge in [-0.15, -0.1) is 0 Å². The SMILES string of the molecule is Cc1c(O)cc(C(=O)Oc2cc(C(=O)O[C@@H]3OC(COC(=O)c4cc(O)c(O)c(O)c4)[C@@H](O)[C@@H](OC(=O)c4cc(O)c(O)c(O)c4)C3O)cc(O)c2O)cc1O. The Kier molecular flexibility index (Phi) is 11.1. The van der Waals surface area contributed by atoms with Crippen LogP contribution in [0.1, 0.15) is 47.0 Å². The molecule has 1 aliphatic heterocycles. The Labute approximate surface area is 311 Å². The summed E-state index contributed by atoms with van der Waals surface area (Å²) in [6.07, 6.45) is -10.6. The van der Waals surface area contributed by atoms with Gasteiger partial charge >= 0.3 is 23.9 Å². The molecular weight excluding hydrogens is 756 g/mol. The number of rotatable bonds is 9. The predicted octanol–water partition coefficient (Wildman–Crippen LogP) is 0.956. The molecule has 1 heterocycles. The molecule has 296 valence electrons. The summed E-state index contributed by atoms with van der Waals surface area (Å²) < 4.78 is 25.9. The summed E-state index contributed by atoms with van der Waals surface area (Å²) >= 11 is 0. The lowest BCUT2D eigenvalue weighted by molar-refractivity contribution is -0.284. The summed E-state index contributed by atoms with van der Waals surface area (Å²) in [5.41, 5.74) is -2.21. The highest BCUT2D eigenvalue weighted by molar-refractivity contribution is 5.95. The number of carbonyl (C=O) groups excluding carboxylic acids is 4. The summed E-state index contributed by atoms with van der Waals surface area (Å²) in [4.78, 5) is 51.8. The van der Waals surface area contributed by atoms with Gasteiger partial charge < -0.3 is 85.0 Å². The molecule has 2 unspecified atom stereocenters. The van der Waals surface area contributed by atoms with Crippen molar-refractivity contribution in [2.75, 3.05) is 6.61 Å². The Bertz CT molecular complexity index is 2160. The van der Waals surface area contributed by atoms with Crippen LogP contribution in [0.5, 0.6) is 63.2 Å². The molecule has 5 atom stereocenters. The van der Waals surface area contributed by atoms with Crippen molar-refractivity contribution >= 4 is 23.9 Å². The minimum atomic E-state index is -2.29. The normalized spacial score (nSPS) is 19.1. The van der Waals surface area contributed by atoms with Crippen molar-refractivity contribution in [3.8, 4) is 63.2 Å². The highest BCUT2D eigenvalue weighted by Crippen LogP contribution is 2.40. The minimum Gasteiger partial charge on any atom is -0.508 e. The van der Waals surface area contributed by atoms with Crippen LogP contribution in [0.3, 0.4) is 0 Å². The highest BCUT2D eigenvalue weighted by atomic mass is 16.7. The first-order valence-corrected chi connectivity index (χ1v) is 15.7. The molecule has 5 rings (SSSR count). The molecule has 12 N–H and O–H groups in total. The Morgan fingerprint density at radius 1 is 0.536 bits per heavy atom. The second kappa shape index (κ2) is 15.5. The highest BCUT2D eigenvalue weighted by Gasteiger charge is 2.49. The molecule has 4 aromatic rings. The summed E-state index contributed by atoms with van der Waals surface area (Å²) in [5, 5.41) is 121. The van der Waals surface area contributed by atoms with Gasteiger partial charge in [0.05, 0.1) is 22.3 Å². The third kappa shape index (κ3) is 8.08. The van der Waals surface area contributed by atoms with E-state index in [0.29, 0.717) is 36.4 Å². The number of esters is 4. The molecule has 0 aliphatic carbocycles. The second-order valence-electron chi connectivity index (χ2n) is 12.0. The van der Waals surface area contributed by atoms with E-state index in [0.717, 1.165) is 12.1 Å². The fraction of sp³-hybridized carbons (Fsp3) is 0.200. The number of ether oxygens (including phenoxy) is 5. The largest absolute Gasteiger partial charge is 0.508 e. The van der Waals surface area contributed by atoms with Gasteiger partial charge in [-0.1, -0.05) is 0 Å². The van der Waals surface area contributed by atoms with Crippen LogP contribution in [0.15, 0.2) is 48.5 Å². The lowest BCUT2D eigenvalue weighted by Gasteiger charge is -2.41. The van der Waals surface area contributed by atoms with E-state index in [1.807, 2.05) is 0 Å². The molecule has 1 saturated heterocycles. The number of carbonyl (C=O) groups is 4. The van der Waals surface area contributed by atoms with Crippen molar-refractivity contribution in [2.45, 2.75) is 37.6 Å². The zero-order chi connectivity index (χ0) is 41.3. The zero-order valence-electron chi connectivity index (χ0n) is 28.3. The summed E-state index contributed by atoms with van der Waals surface area (Å²) in [6, 6.07) is 5.90. The van der Waals surface area contributed by atoms with Crippen LogP contribution in [-0.4, -0.2) is 122 Å². The van der Waals surface area contributed by atoms with Crippen LogP contribution in [0, 0.1) is 6.92 Å². The number of hydrogen-bond donors (Lipinski definition) is 12. The quantitative estimate of drug-likeness (QED) is 0.0486. The van der Waals surface area contributed by atoms with Gasteiger partial charge in [-0.2, -0.15) is 0 Å². The Hall–Kier alpha value is -7.36.